The van der Waals surface area contributed by atoms with Gasteiger partial charge in [0.1, 0.15) is 5.75 Å². The summed E-state index contributed by atoms with van der Waals surface area (Å²) in [6.45, 7) is 0. The van der Waals surface area contributed by atoms with Gasteiger partial charge in [0, 0.05) is 23.4 Å². The topological polar surface area (TPSA) is 39.4 Å². The number of rotatable bonds is 3. The highest BCUT2D eigenvalue weighted by molar-refractivity contribution is 5.88. The van der Waals surface area contributed by atoms with Crippen LogP contribution in [0.3, 0.4) is 0 Å². The molecule has 5 rings (SSSR count). The molecule has 4 heteroatoms. The highest BCUT2D eigenvalue weighted by atomic mass is 16.5. The number of benzene rings is 3. The van der Waals surface area contributed by atoms with Gasteiger partial charge in [-0.05, 0) is 35.0 Å². The number of ether oxygens (including phenoxy) is 1. The quantitative estimate of drug-likeness (QED) is 0.447. The average Bonchev–Trinajstić information content (AvgIpc) is 3.18. The highest BCUT2D eigenvalue weighted by Crippen LogP contribution is 2.28. The summed E-state index contributed by atoms with van der Waals surface area (Å²) in [6.07, 6.45) is 1.83. The first kappa shape index (κ1) is 15.6. The third kappa shape index (κ3) is 2.72. The van der Waals surface area contributed by atoms with E-state index < -0.39 is 0 Å². The lowest BCUT2D eigenvalue weighted by Crippen LogP contribution is -1.95. The van der Waals surface area contributed by atoms with Crippen molar-refractivity contribution in [3.05, 3.63) is 85.1 Å². The van der Waals surface area contributed by atoms with Gasteiger partial charge in [0.15, 0.2) is 5.65 Å². The van der Waals surface area contributed by atoms with Crippen molar-refractivity contribution in [1.29, 1.82) is 0 Å². The highest BCUT2D eigenvalue weighted by Gasteiger charge is 2.10. The van der Waals surface area contributed by atoms with Gasteiger partial charge in [-0.3, -0.25) is 0 Å². The van der Waals surface area contributed by atoms with Crippen LogP contribution in [0.2, 0.25) is 0 Å². The first-order valence-corrected chi connectivity index (χ1v) is 8.80. The molecule has 0 unspecified atom stereocenters. The SMILES string of the molecule is COc1ccc2cc(-c3ccnc4cc(-c5ccccc5)nn34)ccc2c1. The van der Waals surface area contributed by atoms with Crippen LogP contribution in [0, 0.1) is 0 Å². The molecule has 4 nitrogen and oxygen atoms in total. The molecule has 0 bridgehead atoms. The fourth-order valence-corrected chi connectivity index (χ4v) is 3.37. The molecule has 0 saturated heterocycles. The Hall–Kier alpha value is -3.66. The third-order valence-electron chi connectivity index (χ3n) is 4.77. The maximum Gasteiger partial charge on any atom is 0.156 e. The summed E-state index contributed by atoms with van der Waals surface area (Å²) in [4.78, 5) is 4.48. The van der Waals surface area contributed by atoms with Crippen LogP contribution >= 0.6 is 0 Å². The summed E-state index contributed by atoms with van der Waals surface area (Å²) >= 11 is 0. The molecular formula is C23H17N3O. The predicted molar refractivity (Wildman–Crippen MR) is 108 cm³/mol. The zero-order chi connectivity index (χ0) is 18.2. The molecule has 0 fully saturated rings. The van der Waals surface area contributed by atoms with E-state index in [-0.39, 0.29) is 0 Å². The predicted octanol–water partition coefficient (Wildman–Crippen LogP) is 5.23. The molecule has 0 aliphatic heterocycles. The maximum atomic E-state index is 5.32. The second-order valence-corrected chi connectivity index (χ2v) is 6.42. The van der Waals surface area contributed by atoms with Crippen LogP contribution < -0.4 is 4.74 Å². The number of methoxy groups -OCH3 is 1. The van der Waals surface area contributed by atoms with Crippen LogP contribution in [0.1, 0.15) is 0 Å². The molecule has 0 aliphatic rings. The Balaban J connectivity index is 1.66. The minimum absolute atomic E-state index is 0.834. The average molecular weight is 351 g/mol. The van der Waals surface area contributed by atoms with Gasteiger partial charge in [-0.25, -0.2) is 9.50 Å². The zero-order valence-electron chi connectivity index (χ0n) is 14.8. The van der Waals surface area contributed by atoms with Gasteiger partial charge in [0.05, 0.1) is 18.5 Å². The van der Waals surface area contributed by atoms with E-state index in [0.29, 0.717) is 0 Å². The van der Waals surface area contributed by atoms with E-state index in [2.05, 4.69) is 41.4 Å². The number of hydrogen-bond acceptors (Lipinski definition) is 3. The van der Waals surface area contributed by atoms with Crippen molar-refractivity contribution in [2.24, 2.45) is 0 Å². The van der Waals surface area contributed by atoms with Crippen molar-refractivity contribution in [2.45, 2.75) is 0 Å². The Morgan fingerprint density at radius 2 is 1.59 bits per heavy atom. The van der Waals surface area contributed by atoms with E-state index >= 15 is 0 Å². The molecule has 0 radical (unpaired) electrons. The fourth-order valence-electron chi connectivity index (χ4n) is 3.37. The second-order valence-electron chi connectivity index (χ2n) is 6.42. The van der Waals surface area contributed by atoms with Crippen molar-refractivity contribution in [2.75, 3.05) is 7.11 Å². The van der Waals surface area contributed by atoms with E-state index in [1.54, 1.807) is 7.11 Å². The first-order chi connectivity index (χ1) is 13.3. The largest absolute Gasteiger partial charge is 0.497 e. The van der Waals surface area contributed by atoms with Crippen molar-refractivity contribution in [3.63, 3.8) is 0 Å². The number of hydrogen-bond donors (Lipinski definition) is 0. The van der Waals surface area contributed by atoms with Gasteiger partial charge >= 0.3 is 0 Å². The Morgan fingerprint density at radius 1 is 0.778 bits per heavy atom. The van der Waals surface area contributed by atoms with E-state index in [0.717, 1.165) is 44.7 Å². The lowest BCUT2D eigenvalue weighted by Gasteiger charge is -2.07. The zero-order valence-corrected chi connectivity index (χ0v) is 14.8. The molecule has 5 aromatic rings. The van der Waals surface area contributed by atoms with Crippen LogP contribution in [0.25, 0.3) is 38.9 Å². The van der Waals surface area contributed by atoms with Gasteiger partial charge in [0.25, 0.3) is 0 Å². The summed E-state index contributed by atoms with van der Waals surface area (Å²) in [5.41, 5.74) is 4.95. The molecule has 0 aliphatic carbocycles. The Bertz CT molecular complexity index is 1260. The number of aromatic nitrogens is 3. The molecule has 3 aromatic carbocycles. The molecule has 130 valence electrons. The van der Waals surface area contributed by atoms with Crippen molar-refractivity contribution in [3.8, 4) is 28.3 Å². The smallest absolute Gasteiger partial charge is 0.156 e. The second kappa shape index (κ2) is 6.25. The van der Waals surface area contributed by atoms with Crippen molar-refractivity contribution >= 4 is 16.4 Å². The summed E-state index contributed by atoms with van der Waals surface area (Å²) in [5.74, 6) is 0.862. The lowest BCUT2D eigenvalue weighted by atomic mass is 10.0. The van der Waals surface area contributed by atoms with Crippen molar-refractivity contribution in [1.82, 2.24) is 14.6 Å². The van der Waals surface area contributed by atoms with Crippen LogP contribution in [0.5, 0.6) is 5.75 Å². The van der Waals surface area contributed by atoms with Crippen LogP contribution in [0.15, 0.2) is 85.1 Å². The van der Waals surface area contributed by atoms with Gasteiger partial charge in [-0.2, -0.15) is 5.10 Å². The molecule has 0 N–H and O–H groups in total. The number of nitrogens with zero attached hydrogens (tertiary/aromatic N) is 3. The molecular weight excluding hydrogens is 334 g/mol. The summed E-state index contributed by atoms with van der Waals surface area (Å²) in [7, 11) is 1.69. The standard InChI is InChI=1S/C23H17N3O/c1-27-20-10-9-17-13-19(8-7-18(17)14-20)22-11-12-24-23-15-21(25-26(22)23)16-5-3-2-4-6-16/h2-15H,1H3. The van der Waals surface area contributed by atoms with Crippen LogP contribution in [-0.4, -0.2) is 21.7 Å². The Labute approximate surface area is 156 Å². The molecule has 2 aromatic heterocycles. The third-order valence-corrected chi connectivity index (χ3v) is 4.77. The Kier molecular flexibility index (Phi) is 3.61. The normalized spacial score (nSPS) is 11.1. The minimum Gasteiger partial charge on any atom is -0.497 e. The molecule has 27 heavy (non-hydrogen) atoms. The van der Waals surface area contributed by atoms with E-state index in [9.17, 15) is 0 Å². The monoisotopic (exact) mass is 351 g/mol. The van der Waals surface area contributed by atoms with Crippen LogP contribution in [0.4, 0.5) is 0 Å². The first-order valence-electron chi connectivity index (χ1n) is 8.80. The van der Waals surface area contributed by atoms with Crippen molar-refractivity contribution < 1.29 is 4.74 Å². The number of fused-ring (bicyclic) bond motifs is 2. The molecule has 0 spiro atoms. The summed E-state index contributed by atoms with van der Waals surface area (Å²) in [6, 6.07) is 26.7. The summed E-state index contributed by atoms with van der Waals surface area (Å²) < 4.78 is 7.23. The molecule has 0 saturated carbocycles. The Morgan fingerprint density at radius 3 is 2.44 bits per heavy atom. The maximum absolute atomic E-state index is 5.32. The van der Waals surface area contributed by atoms with Gasteiger partial charge in [-0.1, -0.05) is 48.5 Å². The lowest BCUT2D eigenvalue weighted by molar-refractivity contribution is 0.415. The van der Waals surface area contributed by atoms with Crippen LogP contribution in [-0.2, 0) is 0 Å². The van der Waals surface area contributed by atoms with Gasteiger partial charge < -0.3 is 4.74 Å². The summed E-state index contributed by atoms with van der Waals surface area (Å²) in [5, 5.41) is 7.11. The molecule has 2 heterocycles. The van der Waals surface area contributed by atoms with Gasteiger partial charge in [0.2, 0.25) is 0 Å². The fraction of sp³-hybridized carbons (Fsp3) is 0.0435. The van der Waals surface area contributed by atoms with E-state index in [1.807, 2.05) is 53.2 Å². The van der Waals surface area contributed by atoms with E-state index in [1.165, 1.54) is 0 Å². The van der Waals surface area contributed by atoms with E-state index in [4.69, 9.17) is 9.84 Å². The van der Waals surface area contributed by atoms with Gasteiger partial charge in [-0.15, -0.1) is 0 Å². The minimum atomic E-state index is 0.834. The molecule has 0 atom stereocenters. The molecule has 0 amide bonds.